The topological polar surface area (TPSA) is 32.3 Å². The quantitative estimate of drug-likeness (QED) is 0.421. The molecule has 0 radical (unpaired) electrons. The normalized spacial score (nSPS) is 11.0. The predicted octanol–water partition coefficient (Wildman–Crippen LogP) is 6.15. The van der Waals surface area contributed by atoms with Gasteiger partial charge in [-0.05, 0) is 62.5 Å². The summed E-state index contributed by atoms with van der Waals surface area (Å²) in [7, 11) is 0. The van der Waals surface area contributed by atoms with Gasteiger partial charge in [0.05, 0.1) is 8.95 Å². The van der Waals surface area contributed by atoms with Crippen molar-refractivity contribution in [1.82, 2.24) is 5.32 Å². The molecular weight excluding hydrogens is 394 g/mol. The Morgan fingerprint density at radius 2 is 1.43 bits per heavy atom. The third-order valence-corrected chi connectivity index (χ3v) is 4.82. The van der Waals surface area contributed by atoms with Gasteiger partial charge in [0.25, 0.3) is 0 Å². The van der Waals surface area contributed by atoms with Gasteiger partial charge in [0, 0.05) is 6.54 Å². The summed E-state index contributed by atoms with van der Waals surface area (Å²) in [6.07, 6.45) is 10.8. The van der Waals surface area contributed by atoms with E-state index >= 15 is 0 Å². The predicted molar refractivity (Wildman–Crippen MR) is 97.8 cm³/mol. The monoisotopic (exact) mass is 419 g/mol. The zero-order chi connectivity index (χ0) is 15.5. The highest BCUT2D eigenvalue weighted by Gasteiger charge is 2.05. The molecule has 0 aliphatic heterocycles. The van der Waals surface area contributed by atoms with Crippen LogP contribution in [0, 0.1) is 0 Å². The van der Waals surface area contributed by atoms with Gasteiger partial charge in [0.1, 0.15) is 5.75 Å². The molecule has 0 amide bonds. The van der Waals surface area contributed by atoms with Gasteiger partial charge < -0.3 is 10.4 Å². The van der Waals surface area contributed by atoms with Crippen molar-refractivity contribution in [3.63, 3.8) is 0 Å². The Morgan fingerprint density at radius 3 is 2.00 bits per heavy atom. The zero-order valence-corrected chi connectivity index (χ0v) is 16.1. The Labute approximate surface area is 146 Å². The maximum Gasteiger partial charge on any atom is 0.143 e. The van der Waals surface area contributed by atoms with Crippen LogP contribution in [0.1, 0.15) is 63.9 Å². The number of benzene rings is 1. The summed E-state index contributed by atoms with van der Waals surface area (Å²) < 4.78 is 1.47. The molecule has 0 spiro atoms. The fraction of sp³-hybridized carbons (Fsp3) is 0.647. The van der Waals surface area contributed by atoms with Crippen molar-refractivity contribution in [3.05, 3.63) is 26.6 Å². The fourth-order valence-electron chi connectivity index (χ4n) is 2.34. The Kier molecular flexibility index (Phi) is 10.4. The Balaban J connectivity index is 2.04. The lowest BCUT2D eigenvalue weighted by Gasteiger charge is -2.08. The molecule has 0 aliphatic carbocycles. The van der Waals surface area contributed by atoms with E-state index in [1.807, 2.05) is 12.1 Å². The lowest BCUT2D eigenvalue weighted by atomic mass is 10.1. The highest BCUT2D eigenvalue weighted by Crippen LogP contribution is 2.33. The molecule has 4 heteroatoms. The van der Waals surface area contributed by atoms with Gasteiger partial charge in [-0.2, -0.15) is 0 Å². The average Bonchev–Trinajstić information content (AvgIpc) is 2.46. The summed E-state index contributed by atoms with van der Waals surface area (Å²) in [5.41, 5.74) is 1.17. The largest absolute Gasteiger partial charge is 0.506 e. The first-order chi connectivity index (χ1) is 10.1. The molecule has 0 bridgehead atoms. The average molecular weight is 421 g/mol. The lowest BCUT2D eigenvalue weighted by molar-refractivity contribution is 0.468. The number of phenols is 1. The van der Waals surface area contributed by atoms with Crippen LogP contribution in [0.5, 0.6) is 5.75 Å². The summed E-state index contributed by atoms with van der Waals surface area (Å²) >= 11 is 6.72. The van der Waals surface area contributed by atoms with Gasteiger partial charge >= 0.3 is 0 Å². The molecule has 0 saturated heterocycles. The minimum atomic E-state index is 0.266. The highest BCUT2D eigenvalue weighted by molar-refractivity contribution is 9.11. The SMILES string of the molecule is CCCCCCCCCCNCc1cc(Br)c(O)c(Br)c1. The standard InChI is InChI=1S/C17H27Br2NO/c1-2-3-4-5-6-7-8-9-10-20-13-14-11-15(18)17(21)16(19)12-14/h11-12,20-21H,2-10,13H2,1H3. The van der Waals surface area contributed by atoms with Gasteiger partial charge in [-0.3, -0.25) is 0 Å². The lowest BCUT2D eigenvalue weighted by Crippen LogP contribution is -2.14. The summed E-state index contributed by atoms with van der Waals surface area (Å²) in [4.78, 5) is 0. The number of halogens is 2. The summed E-state index contributed by atoms with van der Waals surface area (Å²) in [5.74, 6) is 0.266. The molecule has 0 aromatic heterocycles. The van der Waals surface area contributed by atoms with E-state index in [1.54, 1.807) is 0 Å². The van der Waals surface area contributed by atoms with Crippen LogP contribution >= 0.6 is 31.9 Å². The van der Waals surface area contributed by atoms with Crippen LogP contribution in [0.4, 0.5) is 0 Å². The second kappa shape index (κ2) is 11.5. The number of rotatable bonds is 11. The Bertz CT molecular complexity index is 387. The third kappa shape index (κ3) is 8.22. The Morgan fingerprint density at radius 1 is 0.905 bits per heavy atom. The Hall–Kier alpha value is -0.0600. The van der Waals surface area contributed by atoms with Crippen molar-refractivity contribution in [2.75, 3.05) is 6.54 Å². The van der Waals surface area contributed by atoms with Crippen molar-refractivity contribution in [3.8, 4) is 5.75 Å². The number of hydrogen-bond acceptors (Lipinski definition) is 2. The molecule has 1 aromatic carbocycles. The van der Waals surface area contributed by atoms with E-state index in [2.05, 4.69) is 44.1 Å². The van der Waals surface area contributed by atoms with Crippen molar-refractivity contribution >= 4 is 31.9 Å². The van der Waals surface area contributed by atoms with Crippen LogP contribution in [-0.2, 0) is 6.54 Å². The number of aromatic hydroxyl groups is 1. The van der Waals surface area contributed by atoms with E-state index in [0.717, 1.165) is 22.0 Å². The molecule has 21 heavy (non-hydrogen) atoms. The molecule has 0 atom stereocenters. The maximum atomic E-state index is 9.66. The van der Waals surface area contributed by atoms with Crippen LogP contribution in [0.15, 0.2) is 21.1 Å². The molecule has 0 aliphatic rings. The maximum absolute atomic E-state index is 9.66. The van der Waals surface area contributed by atoms with Crippen LogP contribution in [-0.4, -0.2) is 11.7 Å². The minimum absolute atomic E-state index is 0.266. The second-order valence-corrected chi connectivity index (χ2v) is 7.27. The van der Waals surface area contributed by atoms with Gasteiger partial charge in [0.2, 0.25) is 0 Å². The van der Waals surface area contributed by atoms with Gasteiger partial charge in [-0.1, -0.05) is 51.9 Å². The number of nitrogens with one attached hydrogen (secondary N) is 1. The van der Waals surface area contributed by atoms with Crippen molar-refractivity contribution in [2.24, 2.45) is 0 Å². The first kappa shape index (κ1) is 19.0. The first-order valence-electron chi connectivity index (χ1n) is 8.02. The van der Waals surface area contributed by atoms with E-state index in [4.69, 9.17) is 0 Å². The van der Waals surface area contributed by atoms with E-state index in [-0.39, 0.29) is 5.75 Å². The molecule has 2 N–H and O–H groups in total. The van der Waals surface area contributed by atoms with Gasteiger partial charge in [0.15, 0.2) is 0 Å². The van der Waals surface area contributed by atoms with Crippen molar-refractivity contribution < 1.29 is 5.11 Å². The molecular formula is C17H27Br2NO. The van der Waals surface area contributed by atoms with Crippen molar-refractivity contribution in [2.45, 2.75) is 64.8 Å². The molecule has 2 nitrogen and oxygen atoms in total. The van der Waals surface area contributed by atoms with Crippen molar-refractivity contribution in [1.29, 1.82) is 0 Å². The van der Waals surface area contributed by atoms with Gasteiger partial charge in [-0.15, -0.1) is 0 Å². The second-order valence-electron chi connectivity index (χ2n) is 5.56. The fourth-order valence-corrected chi connectivity index (χ4v) is 3.62. The zero-order valence-electron chi connectivity index (χ0n) is 12.9. The molecule has 120 valence electrons. The van der Waals surface area contributed by atoms with E-state index < -0.39 is 0 Å². The highest BCUT2D eigenvalue weighted by atomic mass is 79.9. The third-order valence-electron chi connectivity index (χ3n) is 3.61. The van der Waals surface area contributed by atoms with Crippen LogP contribution in [0.2, 0.25) is 0 Å². The minimum Gasteiger partial charge on any atom is -0.506 e. The smallest absolute Gasteiger partial charge is 0.143 e. The summed E-state index contributed by atoms with van der Waals surface area (Å²) in [6, 6.07) is 3.92. The molecule has 0 saturated carbocycles. The number of hydrogen-bond donors (Lipinski definition) is 2. The number of unbranched alkanes of at least 4 members (excludes halogenated alkanes) is 7. The molecule has 1 rings (SSSR count). The summed E-state index contributed by atoms with van der Waals surface area (Å²) in [6.45, 7) is 4.16. The van der Waals surface area contributed by atoms with E-state index in [9.17, 15) is 5.11 Å². The van der Waals surface area contributed by atoms with Crippen LogP contribution in [0.25, 0.3) is 0 Å². The molecule has 0 fully saturated rings. The first-order valence-corrected chi connectivity index (χ1v) is 9.61. The van der Waals surface area contributed by atoms with E-state index in [0.29, 0.717) is 0 Å². The van der Waals surface area contributed by atoms with Crippen LogP contribution in [0.3, 0.4) is 0 Å². The summed E-state index contributed by atoms with van der Waals surface area (Å²) in [5, 5.41) is 13.1. The van der Waals surface area contributed by atoms with Crippen LogP contribution < -0.4 is 5.32 Å². The van der Waals surface area contributed by atoms with Gasteiger partial charge in [-0.25, -0.2) is 0 Å². The molecule has 1 aromatic rings. The number of phenolic OH excluding ortho intramolecular Hbond substituents is 1. The molecule has 0 unspecified atom stereocenters. The molecule has 0 heterocycles. The van der Waals surface area contributed by atoms with E-state index in [1.165, 1.54) is 56.9 Å².